The second-order valence-corrected chi connectivity index (χ2v) is 5.41. The van der Waals surface area contributed by atoms with E-state index < -0.39 is 0 Å². The van der Waals surface area contributed by atoms with Gasteiger partial charge >= 0.3 is 0 Å². The average molecular weight is 321 g/mol. The van der Waals surface area contributed by atoms with Gasteiger partial charge in [0.15, 0.2) is 0 Å². The van der Waals surface area contributed by atoms with Crippen LogP contribution in [0, 0.1) is 0 Å². The van der Waals surface area contributed by atoms with Gasteiger partial charge in [-0.15, -0.1) is 0 Å². The van der Waals surface area contributed by atoms with Crippen LogP contribution in [-0.2, 0) is 9.63 Å². The van der Waals surface area contributed by atoms with Gasteiger partial charge in [0.1, 0.15) is 18.6 Å². The lowest BCUT2D eigenvalue weighted by atomic mass is 10.0. The fourth-order valence-electron chi connectivity index (χ4n) is 3.02. The highest BCUT2D eigenvalue weighted by Crippen LogP contribution is 2.40. The van der Waals surface area contributed by atoms with Crippen LogP contribution >= 0.6 is 0 Å². The van der Waals surface area contributed by atoms with Crippen molar-refractivity contribution in [1.82, 2.24) is 0 Å². The van der Waals surface area contributed by atoms with E-state index in [4.69, 9.17) is 9.57 Å². The molecule has 0 atom stereocenters. The van der Waals surface area contributed by atoms with E-state index in [-0.39, 0.29) is 5.91 Å². The summed E-state index contributed by atoms with van der Waals surface area (Å²) in [7, 11) is 3.09. The van der Waals surface area contributed by atoms with Crippen LogP contribution in [0.2, 0.25) is 0 Å². The number of nitrogens with zero attached hydrogens (tertiary/aromatic N) is 1. The first-order chi connectivity index (χ1) is 11.7. The van der Waals surface area contributed by atoms with Gasteiger partial charge in [-0.2, -0.15) is 0 Å². The molecule has 0 aromatic heterocycles. The Labute approximate surface area is 138 Å². The molecule has 24 heavy (non-hydrogen) atoms. The SMILES string of the molecule is CO/N=C1/C(=C2/C(=O)Nc3ccc(OC)cc32)Nc2ccccc21. The molecule has 0 aliphatic carbocycles. The molecule has 0 saturated heterocycles. The summed E-state index contributed by atoms with van der Waals surface area (Å²) in [6.07, 6.45) is 0. The number of oxime groups is 1. The molecule has 2 aliphatic heterocycles. The van der Waals surface area contributed by atoms with Crippen LogP contribution in [0.4, 0.5) is 11.4 Å². The number of methoxy groups -OCH3 is 1. The Morgan fingerprint density at radius 1 is 0.958 bits per heavy atom. The fourth-order valence-corrected chi connectivity index (χ4v) is 3.02. The minimum atomic E-state index is -0.183. The molecule has 2 aromatic rings. The minimum Gasteiger partial charge on any atom is -0.497 e. The van der Waals surface area contributed by atoms with Crippen molar-refractivity contribution in [1.29, 1.82) is 0 Å². The second-order valence-electron chi connectivity index (χ2n) is 5.41. The monoisotopic (exact) mass is 321 g/mol. The van der Waals surface area contributed by atoms with Crippen LogP contribution in [0.25, 0.3) is 5.57 Å². The van der Waals surface area contributed by atoms with Gasteiger partial charge < -0.3 is 20.2 Å². The summed E-state index contributed by atoms with van der Waals surface area (Å²) >= 11 is 0. The van der Waals surface area contributed by atoms with Gasteiger partial charge in [0.05, 0.1) is 18.4 Å². The van der Waals surface area contributed by atoms with E-state index in [1.165, 1.54) is 7.11 Å². The van der Waals surface area contributed by atoms with Crippen molar-refractivity contribution in [3.05, 3.63) is 59.3 Å². The number of anilines is 2. The Morgan fingerprint density at radius 3 is 2.54 bits per heavy atom. The minimum absolute atomic E-state index is 0.183. The van der Waals surface area contributed by atoms with Crippen molar-refractivity contribution in [3.63, 3.8) is 0 Å². The first-order valence-corrected chi connectivity index (χ1v) is 7.45. The number of para-hydroxylation sites is 1. The van der Waals surface area contributed by atoms with E-state index >= 15 is 0 Å². The zero-order valence-electron chi connectivity index (χ0n) is 13.2. The first-order valence-electron chi connectivity index (χ1n) is 7.45. The van der Waals surface area contributed by atoms with Crippen molar-refractivity contribution in [2.45, 2.75) is 0 Å². The molecule has 6 heteroatoms. The summed E-state index contributed by atoms with van der Waals surface area (Å²) in [6.45, 7) is 0. The predicted octanol–water partition coefficient (Wildman–Crippen LogP) is 2.83. The number of rotatable bonds is 2. The van der Waals surface area contributed by atoms with Crippen LogP contribution in [-0.4, -0.2) is 25.8 Å². The predicted molar refractivity (Wildman–Crippen MR) is 92.2 cm³/mol. The normalized spacial score (nSPS) is 19.6. The number of allylic oxidation sites excluding steroid dienone is 1. The number of carbonyl (C=O) groups is 1. The largest absolute Gasteiger partial charge is 0.497 e. The summed E-state index contributed by atoms with van der Waals surface area (Å²) in [5.41, 5.74) is 5.06. The van der Waals surface area contributed by atoms with E-state index in [1.54, 1.807) is 7.11 Å². The number of benzene rings is 2. The number of fused-ring (bicyclic) bond motifs is 2. The van der Waals surface area contributed by atoms with E-state index in [2.05, 4.69) is 15.8 Å². The maximum atomic E-state index is 12.6. The Morgan fingerprint density at radius 2 is 1.75 bits per heavy atom. The number of ether oxygens (including phenoxy) is 1. The lowest BCUT2D eigenvalue weighted by Gasteiger charge is -2.07. The molecular weight excluding hydrogens is 306 g/mol. The summed E-state index contributed by atoms with van der Waals surface area (Å²) in [5, 5.41) is 10.3. The van der Waals surface area contributed by atoms with Crippen molar-refractivity contribution in [2.75, 3.05) is 24.9 Å². The van der Waals surface area contributed by atoms with Crippen LogP contribution in [0.5, 0.6) is 5.75 Å². The van der Waals surface area contributed by atoms with Gasteiger partial charge in [-0.3, -0.25) is 4.79 Å². The molecule has 2 aliphatic rings. The van der Waals surface area contributed by atoms with E-state index in [9.17, 15) is 4.79 Å². The van der Waals surface area contributed by atoms with Gasteiger partial charge in [0, 0.05) is 22.5 Å². The highest BCUT2D eigenvalue weighted by Gasteiger charge is 2.34. The third kappa shape index (κ3) is 2.04. The molecule has 2 heterocycles. The molecule has 1 amide bonds. The number of carbonyl (C=O) groups excluding carboxylic acids is 1. The summed E-state index contributed by atoms with van der Waals surface area (Å²) in [4.78, 5) is 17.6. The van der Waals surface area contributed by atoms with Gasteiger partial charge in [-0.05, 0) is 24.3 Å². The third-order valence-corrected chi connectivity index (χ3v) is 4.08. The molecule has 4 rings (SSSR count). The lowest BCUT2D eigenvalue weighted by molar-refractivity contribution is -0.110. The molecule has 0 radical (unpaired) electrons. The van der Waals surface area contributed by atoms with Gasteiger partial charge in [-0.1, -0.05) is 23.4 Å². The molecule has 6 nitrogen and oxygen atoms in total. The van der Waals surface area contributed by atoms with Gasteiger partial charge in [0.25, 0.3) is 5.91 Å². The Balaban J connectivity index is 1.95. The number of nitrogens with one attached hydrogen (secondary N) is 2. The van der Waals surface area contributed by atoms with Crippen molar-refractivity contribution >= 4 is 28.6 Å². The van der Waals surface area contributed by atoms with E-state index in [0.717, 1.165) is 22.5 Å². The molecule has 0 fully saturated rings. The number of amides is 1. The zero-order valence-corrected chi connectivity index (χ0v) is 13.2. The summed E-state index contributed by atoms with van der Waals surface area (Å²) in [5.74, 6) is 0.501. The van der Waals surface area contributed by atoms with Crippen molar-refractivity contribution in [2.24, 2.45) is 5.16 Å². The molecule has 0 spiro atoms. The van der Waals surface area contributed by atoms with Crippen LogP contribution in [0.3, 0.4) is 0 Å². The Kier molecular flexibility index (Phi) is 3.23. The van der Waals surface area contributed by atoms with Crippen molar-refractivity contribution in [3.8, 4) is 5.75 Å². The maximum Gasteiger partial charge on any atom is 0.258 e. The Hall–Kier alpha value is -3.28. The maximum absolute atomic E-state index is 12.6. The topological polar surface area (TPSA) is 72.0 Å². The van der Waals surface area contributed by atoms with Crippen molar-refractivity contribution < 1.29 is 14.4 Å². The van der Waals surface area contributed by atoms with E-state index in [1.807, 2.05) is 42.5 Å². The summed E-state index contributed by atoms with van der Waals surface area (Å²) < 4.78 is 5.28. The smallest absolute Gasteiger partial charge is 0.258 e. The van der Waals surface area contributed by atoms with E-state index in [0.29, 0.717) is 22.7 Å². The molecule has 0 unspecified atom stereocenters. The lowest BCUT2D eigenvalue weighted by Crippen LogP contribution is -2.12. The zero-order chi connectivity index (χ0) is 16.7. The number of hydrogen-bond acceptors (Lipinski definition) is 5. The van der Waals surface area contributed by atoms with Crippen LogP contribution < -0.4 is 15.4 Å². The highest BCUT2D eigenvalue weighted by molar-refractivity contribution is 6.39. The highest BCUT2D eigenvalue weighted by atomic mass is 16.6. The average Bonchev–Trinajstić information content (AvgIpc) is 3.11. The van der Waals surface area contributed by atoms with Gasteiger partial charge in [-0.25, -0.2) is 0 Å². The quantitative estimate of drug-likeness (QED) is 0.659. The number of hydrogen-bond donors (Lipinski definition) is 2. The molecule has 0 saturated carbocycles. The van der Waals surface area contributed by atoms with Crippen LogP contribution in [0.1, 0.15) is 11.1 Å². The van der Waals surface area contributed by atoms with Crippen LogP contribution in [0.15, 0.2) is 53.3 Å². The molecule has 2 N–H and O–H groups in total. The standard InChI is InChI=1S/C18H15N3O3/c1-23-10-7-8-14-12(9-10)15(18(22)20-14)17-16(21-24-2)11-5-3-4-6-13(11)19-17/h3-9,19H,1-2H3,(H,20,22)/b17-15-,21-16+. The molecule has 0 bridgehead atoms. The second kappa shape index (κ2) is 5.42. The molecule has 120 valence electrons. The molecule has 2 aromatic carbocycles. The summed E-state index contributed by atoms with van der Waals surface area (Å²) in [6, 6.07) is 13.2. The Bertz CT molecular complexity index is 915. The fraction of sp³-hybridized carbons (Fsp3) is 0.111. The molecular formula is C18H15N3O3. The first kappa shape index (κ1) is 14.3. The van der Waals surface area contributed by atoms with Gasteiger partial charge in [0.2, 0.25) is 0 Å². The third-order valence-electron chi connectivity index (χ3n) is 4.08.